The Hall–Kier alpha value is -2.73. The lowest BCUT2D eigenvalue weighted by Crippen LogP contribution is -1.85. The van der Waals surface area contributed by atoms with Gasteiger partial charge < -0.3 is 5.73 Å². The van der Waals surface area contributed by atoms with E-state index in [0.717, 1.165) is 32.6 Å². The standard InChI is InChI=1S/C15H11N5S/c16-15-19-13-7-10(9-2-1-4-17-8-9)6-11(14(13)21-15)12-3-5-18-20-12/h1-8H,(H2,16,19)(H,18,20). The monoisotopic (exact) mass is 293 g/mol. The lowest BCUT2D eigenvalue weighted by molar-refractivity contribution is 1.10. The average Bonchev–Trinajstić information content (AvgIpc) is 3.15. The van der Waals surface area contributed by atoms with Gasteiger partial charge in [-0.3, -0.25) is 10.1 Å². The highest BCUT2D eigenvalue weighted by atomic mass is 32.1. The van der Waals surface area contributed by atoms with E-state index in [2.05, 4.69) is 26.2 Å². The van der Waals surface area contributed by atoms with E-state index < -0.39 is 0 Å². The van der Waals surface area contributed by atoms with E-state index in [1.54, 1.807) is 12.4 Å². The fourth-order valence-electron chi connectivity index (χ4n) is 2.36. The second kappa shape index (κ2) is 4.68. The summed E-state index contributed by atoms with van der Waals surface area (Å²) in [5.74, 6) is 0. The molecule has 21 heavy (non-hydrogen) atoms. The van der Waals surface area contributed by atoms with Crippen LogP contribution in [-0.2, 0) is 0 Å². The van der Waals surface area contributed by atoms with Gasteiger partial charge in [-0.15, -0.1) is 0 Å². The first-order valence-electron chi connectivity index (χ1n) is 6.41. The molecule has 0 fully saturated rings. The molecule has 4 rings (SSSR count). The van der Waals surface area contributed by atoms with Crippen LogP contribution in [0.3, 0.4) is 0 Å². The van der Waals surface area contributed by atoms with Crippen molar-refractivity contribution in [3.63, 3.8) is 0 Å². The van der Waals surface area contributed by atoms with Crippen LogP contribution in [0.4, 0.5) is 5.13 Å². The molecule has 0 aliphatic heterocycles. The summed E-state index contributed by atoms with van der Waals surface area (Å²) in [7, 11) is 0. The van der Waals surface area contributed by atoms with Gasteiger partial charge in [-0.2, -0.15) is 5.10 Å². The molecule has 0 spiro atoms. The predicted octanol–water partition coefficient (Wildman–Crippen LogP) is 3.33. The number of nitrogens with one attached hydrogen (secondary N) is 1. The molecule has 0 saturated carbocycles. The van der Waals surface area contributed by atoms with Gasteiger partial charge in [-0.05, 0) is 29.8 Å². The van der Waals surface area contributed by atoms with Crippen molar-refractivity contribution in [1.29, 1.82) is 0 Å². The topological polar surface area (TPSA) is 80.5 Å². The Morgan fingerprint density at radius 1 is 1.10 bits per heavy atom. The van der Waals surface area contributed by atoms with Crippen LogP contribution in [0.1, 0.15) is 0 Å². The number of anilines is 1. The van der Waals surface area contributed by atoms with Gasteiger partial charge in [-0.25, -0.2) is 4.98 Å². The van der Waals surface area contributed by atoms with Crippen LogP contribution in [-0.4, -0.2) is 20.2 Å². The van der Waals surface area contributed by atoms with Crippen LogP contribution in [0.25, 0.3) is 32.6 Å². The van der Waals surface area contributed by atoms with Gasteiger partial charge in [0.25, 0.3) is 0 Å². The summed E-state index contributed by atoms with van der Waals surface area (Å²) in [5.41, 5.74) is 10.9. The van der Waals surface area contributed by atoms with E-state index in [9.17, 15) is 0 Å². The molecule has 0 aliphatic carbocycles. The summed E-state index contributed by atoms with van der Waals surface area (Å²) in [5, 5.41) is 7.60. The van der Waals surface area contributed by atoms with Crippen LogP contribution >= 0.6 is 11.3 Å². The number of aromatic nitrogens is 4. The van der Waals surface area contributed by atoms with Gasteiger partial charge in [0, 0.05) is 29.7 Å². The summed E-state index contributed by atoms with van der Waals surface area (Å²) in [6.07, 6.45) is 5.34. The normalized spacial score (nSPS) is 11.0. The predicted molar refractivity (Wildman–Crippen MR) is 84.8 cm³/mol. The van der Waals surface area contributed by atoms with Gasteiger partial charge >= 0.3 is 0 Å². The van der Waals surface area contributed by atoms with Crippen molar-refractivity contribution in [3.05, 3.63) is 48.9 Å². The second-order valence-electron chi connectivity index (χ2n) is 4.64. The first-order chi connectivity index (χ1) is 10.3. The molecule has 0 bridgehead atoms. The highest BCUT2D eigenvalue weighted by molar-refractivity contribution is 7.22. The highest BCUT2D eigenvalue weighted by Gasteiger charge is 2.12. The van der Waals surface area contributed by atoms with Crippen molar-refractivity contribution in [2.24, 2.45) is 0 Å². The first kappa shape index (κ1) is 12.0. The Morgan fingerprint density at radius 3 is 2.81 bits per heavy atom. The van der Waals surface area contributed by atoms with Gasteiger partial charge in [0.15, 0.2) is 5.13 Å². The van der Waals surface area contributed by atoms with E-state index >= 15 is 0 Å². The summed E-state index contributed by atoms with van der Waals surface area (Å²) in [4.78, 5) is 8.59. The summed E-state index contributed by atoms with van der Waals surface area (Å²) < 4.78 is 1.06. The number of nitrogen functional groups attached to an aromatic ring is 1. The number of hydrogen-bond donors (Lipinski definition) is 2. The van der Waals surface area contributed by atoms with Crippen LogP contribution in [0.15, 0.2) is 48.9 Å². The van der Waals surface area contributed by atoms with Crippen molar-refractivity contribution in [2.45, 2.75) is 0 Å². The molecule has 0 saturated heterocycles. The molecule has 0 aliphatic rings. The van der Waals surface area contributed by atoms with Crippen LogP contribution < -0.4 is 5.73 Å². The lowest BCUT2D eigenvalue weighted by Gasteiger charge is -2.05. The maximum atomic E-state index is 5.87. The quantitative estimate of drug-likeness (QED) is 0.594. The summed E-state index contributed by atoms with van der Waals surface area (Å²) in [6, 6.07) is 10.0. The molecule has 5 nitrogen and oxygen atoms in total. The largest absolute Gasteiger partial charge is 0.375 e. The van der Waals surface area contributed by atoms with Crippen LogP contribution in [0, 0.1) is 0 Å². The first-order valence-corrected chi connectivity index (χ1v) is 7.23. The van der Waals surface area contributed by atoms with E-state index in [0.29, 0.717) is 5.13 Å². The number of hydrogen-bond acceptors (Lipinski definition) is 5. The van der Waals surface area contributed by atoms with Crippen LogP contribution in [0.2, 0.25) is 0 Å². The number of benzene rings is 1. The van der Waals surface area contributed by atoms with Crippen molar-refractivity contribution < 1.29 is 0 Å². The average molecular weight is 293 g/mol. The number of fused-ring (bicyclic) bond motifs is 1. The number of pyridine rings is 1. The Balaban J connectivity index is 2.02. The molecule has 0 unspecified atom stereocenters. The lowest BCUT2D eigenvalue weighted by atomic mass is 10.0. The minimum Gasteiger partial charge on any atom is -0.375 e. The Bertz CT molecular complexity index is 897. The minimum atomic E-state index is 0.564. The zero-order valence-corrected chi connectivity index (χ0v) is 11.8. The highest BCUT2D eigenvalue weighted by Crippen LogP contribution is 2.36. The molecule has 0 atom stereocenters. The number of rotatable bonds is 2. The van der Waals surface area contributed by atoms with E-state index in [4.69, 9.17) is 5.73 Å². The van der Waals surface area contributed by atoms with Crippen molar-refractivity contribution in [1.82, 2.24) is 20.2 Å². The third-order valence-electron chi connectivity index (χ3n) is 3.29. The number of nitrogens with two attached hydrogens (primary N) is 1. The van der Waals surface area contributed by atoms with Gasteiger partial charge in [-0.1, -0.05) is 17.4 Å². The molecule has 102 valence electrons. The maximum Gasteiger partial charge on any atom is 0.181 e. The Labute approximate surface area is 124 Å². The molecule has 3 N–H and O–H groups in total. The maximum absolute atomic E-state index is 5.87. The molecule has 3 heterocycles. The van der Waals surface area contributed by atoms with Crippen LogP contribution in [0.5, 0.6) is 0 Å². The molecule has 1 aromatic carbocycles. The molecular formula is C15H11N5S. The molecule has 0 radical (unpaired) electrons. The summed E-state index contributed by atoms with van der Waals surface area (Å²) in [6.45, 7) is 0. The second-order valence-corrected chi connectivity index (χ2v) is 5.67. The fraction of sp³-hybridized carbons (Fsp3) is 0. The SMILES string of the molecule is Nc1nc2cc(-c3cccnc3)cc(-c3ccn[nH]3)c2s1. The Morgan fingerprint density at radius 2 is 2.05 bits per heavy atom. The third-order valence-corrected chi connectivity index (χ3v) is 4.23. The zero-order chi connectivity index (χ0) is 14.2. The zero-order valence-electron chi connectivity index (χ0n) is 10.9. The van der Waals surface area contributed by atoms with Crippen molar-refractivity contribution in [3.8, 4) is 22.4 Å². The summed E-state index contributed by atoms with van der Waals surface area (Å²) >= 11 is 1.48. The molecule has 0 amide bonds. The van der Waals surface area contributed by atoms with E-state index in [-0.39, 0.29) is 0 Å². The van der Waals surface area contributed by atoms with Gasteiger partial charge in [0.1, 0.15) is 0 Å². The van der Waals surface area contributed by atoms with Crippen molar-refractivity contribution in [2.75, 3.05) is 5.73 Å². The third kappa shape index (κ3) is 2.05. The molecule has 4 aromatic rings. The minimum absolute atomic E-state index is 0.564. The van der Waals surface area contributed by atoms with Crippen molar-refractivity contribution >= 4 is 26.7 Å². The van der Waals surface area contributed by atoms with E-state index in [1.807, 2.05) is 30.5 Å². The molecule has 6 heteroatoms. The van der Waals surface area contributed by atoms with Gasteiger partial charge in [0.2, 0.25) is 0 Å². The Kier molecular flexibility index (Phi) is 2.68. The van der Waals surface area contributed by atoms with E-state index in [1.165, 1.54) is 11.3 Å². The number of aromatic amines is 1. The molecular weight excluding hydrogens is 282 g/mol. The smallest absolute Gasteiger partial charge is 0.181 e. The van der Waals surface area contributed by atoms with Gasteiger partial charge in [0.05, 0.1) is 15.9 Å². The number of thiazole rings is 1. The number of H-pyrrole nitrogens is 1. The fourth-order valence-corrected chi connectivity index (χ4v) is 3.20. The number of nitrogens with zero attached hydrogens (tertiary/aromatic N) is 3. The molecule has 3 aromatic heterocycles.